The fraction of sp³-hybridized carbons (Fsp3) is 0.259. The quantitative estimate of drug-likeness (QED) is 0.443. The van der Waals surface area contributed by atoms with Crippen molar-refractivity contribution in [2.75, 3.05) is 14.1 Å². The van der Waals surface area contributed by atoms with Crippen molar-refractivity contribution in [2.24, 2.45) is 0 Å². The highest BCUT2D eigenvalue weighted by Crippen LogP contribution is 2.41. The van der Waals surface area contributed by atoms with Crippen LogP contribution in [-0.4, -0.2) is 39.4 Å². The van der Waals surface area contributed by atoms with Crippen LogP contribution in [-0.2, 0) is 6.42 Å². The molecule has 0 atom stereocenters. The second kappa shape index (κ2) is 8.72. The topological polar surface area (TPSA) is 94.8 Å². The van der Waals surface area contributed by atoms with Gasteiger partial charge in [-0.2, -0.15) is 5.26 Å². The van der Waals surface area contributed by atoms with E-state index >= 15 is 0 Å². The fourth-order valence-corrected chi connectivity index (χ4v) is 4.35. The largest absolute Gasteiger partial charge is 0.354 e. The van der Waals surface area contributed by atoms with E-state index in [0.29, 0.717) is 34.1 Å². The van der Waals surface area contributed by atoms with Gasteiger partial charge in [-0.25, -0.2) is 13.8 Å². The van der Waals surface area contributed by atoms with Crippen LogP contribution >= 0.6 is 0 Å². The van der Waals surface area contributed by atoms with Crippen LogP contribution in [0.15, 0.2) is 41.3 Å². The number of amides is 1. The summed E-state index contributed by atoms with van der Waals surface area (Å²) in [6, 6.07) is 9.58. The second-order valence-corrected chi connectivity index (χ2v) is 9.16. The van der Waals surface area contributed by atoms with Crippen LogP contribution in [0.4, 0.5) is 8.78 Å². The smallest absolute Gasteiger partial charge is 0.280 e. The van der Waals surface area contributed by atoms with Gasteiger partial charge < -0.3 is 9.88 Å². The molecule has 4 aromatic rings. The van der Waals surface area contributed by atoms with E-state index < -0.39 is 23.1 Å². The molecule has 3 aromatic heterocycles. The molecule has 0 aliphatic heterocycles. The van der Waals surface area contributed by atoms with Gasteiger partial charge in [0.15, 0.2) is 11.6 Å². The summed E-state index contributed by atoms with van der Waals surface area (Å²) >= 11 is 0. The number of aromatic amines is 1. The number of aryl methyl sites for hydroxylation is 1. The summed E-state index contributed by atoms with van der Waals surface area (Å²) in [4.78, 5) is 35.2. The van der Waals surface area contributed by atoms with Crippen molar-refractivity contribution in [1.82, 2.24) is 19.4 Å². The number of pyridine rings is 2. The lowest BCUT2D eigenvalue weighted by Crippen LogP contribution is -2.24. The Kier molecular flexibility index (Phi) is 5.67. The van der Waals surface area contributed by atoms with Crippen molar-refractivity contribution < 1.29 is 13.6 Å². The summed E-state index contributed by atoms with van der Waals surface area (Å²) in [5.41, 5.74) is 1.95. The first-order chi connectivity index (χ1) is 17.2. The molecule has 0 spiro atoms. The highest BCUT2D eigenvalue weighted by molar-refractivity contribution is 6.01. The molecule has 1 aliphatic carbocycles. The molecule has 1 fully saturated rings. The monoisotopic (exact) mass is 487 g/mol. The first-order valence-corrected chi connectivity index (χ1v) is 11.6. The van der Waals surface area contributed by atoms with Gasteiger partial charge in [-0.3, -0.25) is 14.2 Å². The Balaban J connectivity index is 1.78. The molecule has 0 unspecified atom stereocenters. The van der Waals surface area contributed by atoms with Crippen molar-refractivity contribution in [3.05, 3.63) is 81.0 Å². The van der Waals surface area contributed by atoms with Gasteiger partial charge in [-0.15, -0.1) is 0 Å². The van der Waals surface area contributed by atoms with Crippen molar-refractivity contribution in [1.29, 1.82) is 5.26 Å². The minimum Gasteiger partial charge on any atom is -0.354 e. The molecule has 3 heterocycles. The van der Waals surface area contributed by atoms with E-state index in [0.717, 1.165) is 24.6 Å². The van der Waals surface area contributed by atoms with Crippen LogP contribution in [0.5, 0.6) is 0 Å². The Bertz CT molecular complexity index is 1640. The Hall–Kier alpha value is -4.32. The number of rotatable bonds is 5. The average Bonchev–Trinajstić information content (AvgIpc) is 3.63. The Morgan fingerprint density at radius 1 is 1.25 bits per heavy atom. The number of nitrogens with zero attached hydrogens (tertiary/aromatic N) is 4. The molecule has 1 N–H and O–H groups in total. The van der Waals surface area contributed by atoms with Crippen LogP contribution in [0.25, 0.3) is 27.8 Å². The molecule has 36 heavy (non-hydrogen) atoms. The summed E-state index contributed by atoms with van der Waals surface area (Å²) in [7, 11) is 2.92. The van der Waals surface area contributed by atoms with Crippen LogP contribution in [0.2, 0.25) is 0 Å². The fourth-order valence-electron chi connectivity index (χ4n) is 4.35. The van der Waals surface area contributed by atoms with Crippen molar-refractivity contribution in [3.8, 4) is 23.0 Å². The van der Waals surface area contributed by atoms with E-state index in [4.69, 9.17) is 0 Å². The second-order valence-electron chi connectivity index (χ2n) is 9.16. The third kappa shape index (κ3) is 3.85. The van der Waals surface area contributed by atoms with Crippen LogP contribution in [0, 0.1) is 23.0 Å². The summed E-state index contributed by atoms with van der Waals surface area (Å²) in [6.07, 6.45) is 3.92. The molecule has 1 aromatic carbocycles. The van der Waals surface area contributed by atoms with Gasteiger partial charge >= 0.3 is 0 Å². The minimum absolute atomic E-state index is 0.161. The standard InChI is InChI=1S/C27H23F2N5O2/c1-4-17-11-19-16(12-30)13-34(27(36)25(19)31-17)22-10-15(9-21(32-22)14-5-6-14)18-7-8-20(28)24(29)23(18)26(35)33(2)3/h7-11,13-14,31H,4-6H2,1-3H3. The highest BCUT2D eigenvalue weighted by Gasteiger charge is 2.28. The van der Waals surface area contributed by atoms with Gasteiger partial charge in [-0.05, 0) is 54.7 Å². The molecular weight excluding hydrogens is 464 g/mol. The molecule has 182 valence electrons. The molecule has 7 nitrogen and oxygen atoms in total. The Morgan fingerprint density at radius 3 is 2.64 bits per heavy atom. The zero-order valence-corrected chi connectivity index (χ0v) is 20.0. The van der Waals surface area contributed by atoms with E-state index in [1.807, 2.05) is 6.92 Å². The third-order valence-corrected chi connectivity index (χ3v) is 6.46. The van der Waals surface area contributed by atoms with Gasteiger partial charge in [0.05, 0.1) is 11.1 Å². The van der Waals surface area contributed by atoms with Crippen molar-refractivity contribution in [2.45, 2.75) is 32.1 Å². The summed E-state index contributed by atoms with van der Waals surface area (Å²) in [5.74, 6) is -2.65. The average molecular weight is 488 g/mol. The van der Waals surface area contributed by atoms with E-state index in [1.54, 1.807) is 18.2 Å². The summed E-state index contributed by atoms with van der Waals surface area (Å²) in [5, 5.41) is 10.3. The highest BCUT2D eigenvalue weighted by atomic mass is 19.2. The summed E-state index contributed by atoms with van der Waals surface area (Å²) in [6.45, 7) is 1.94. The maximum Gasteiger partial charge on any atom is 0.280 e. The van der Waals surface area contributed by atoms with Gasteiger partial charge in [-0.1, -0.05) is 13.0 Å². The number of hydrogen-bond acceptors (Lipinski definition) is 4. The molecule has 0 radical (unpaired) electrons. The Labute approximate surface area is 205 Å². The molecule has 1 saturated carbocycles. The number of benzene rings is 1. The number of H-pyrrole nitrogens is 1. The van der Waals surface area contributed by atoms with Crippen LogP contribution in [0.1, 0.15) is 53.0 Å². The minimum atomic E-state index is -1.23. The van der Waals surface area contributed by atoms with E-state index in [-0.39, 0.29) is 22.9 Å². The molecule has 0 saturated heterocycles. The van der Waals surface area contributed by atoms with Gasteiger partial charge in [0.1, 0.15) is 17.4 Å². The molecular formula is C27H23F2N5O2. The molecule has 1 aliphatic rings. The predicted octanol–water partition coefficient (Wildman–Crippen LogP) is 4.67. The van der Waals surface area contributed by atoms with Crippen molar-refractivity contribution in [3.63, 3.8) is 0 Å². The van der Waals surface area contributed by atoms with Crippen molar-refractivity contribution >= 4 is 16.8 Å². The van der Waals surface area contributed by atoms with Gasteiger partial charge in [0.25, 0.3) is 11.5 Å². The zero-order chi connectivity index (χ0) is 25.7. The first kappa shape index (κ1) is 23.4. The number of fused-ring (bicyclic) bond motifs is 1. The number of halogens is 2. The lowest BCUT2D eigenvalue weighted by atomic mass is 9.97. The number of hydrogen-bond donors (Lipinski definition) is 1. The zero-order valence-electron chi connectivity index (χ0n) is 20.0. The lowest BCUT2D eigenvalue weighted by Gasteiger charge is -2.17. The number of aromatic nitrogens is 3. The number of nitrogens with one attached hydrogen (secondary N) is 1. The van der Waals surface area contributed by atoms with Crippen LogP contribution < -0.4 is 5.56 Å². The normalized spacial score (nSPS) is 13.1. The van der Waals surface area contributed by atoms with Gasteiger partial charge in [0.2, 0.25) is 0 Å². The number of carbonyl (C=O) groups is 1. The first-order valence-electron chi connectivity index (χ1n) is 11.6. The summed E-state index contributed by atoms with van der Waals surface area (Å²) < 4.78 is 30.3. The molecule has 1 amide bonds. The Morgan fingerprint density at radius 2 is 2.00 bits per heavy atom. The number of nitriles is 1. The maximum absolute atomic E-state index is 14.9. The van der Waals surface area contributed by atoms with E-state index in [1.165, 1.54) is 35.8 Å². The maximum atomic E-state index is 14.9. The number of carbonyl (C=O) groups excluding carboxylic acids is 1. The van der Waals surface area contributed by atoms with Gasteiger partial charge in [0, 0.05) is 43.0 Å². The third-order valence-electron chi connectivity index (χ3n) is 6.46. The molecule has 5 rings (SSSR count). The van der Waals surface area contributed by atoms with E-state index in [2.05, 4.69) is 16.0 Å². The molecule has 9 heteroatoms. The van der Waals surface area contributed by atoms with E-state index in [9.17, 15) is 23.6 Å². The predicted molar refractivity (Wildman–Crippen MR) is 131 cm³/mol. The van der Waals surface area contributed by atoms with Crippen LogP contribution in [0.3, 0.4) is 0 Å². The molecule has 0 bridgehead atoms. The SMILES string of the molecule is CCc1cc2c(C#N)cn(-c3cc(-c4ccc(F)c(F)c4C(=O)N(C)C)cc(C4CC4)n3)c(=O)c2[nH]1. The lowest BCUT2D eigenvalue weighted by molar-refractivity contribution is 0.0822.